The normalized spacial score (nSPS) is 15.4. The maximum Gasteiger partial charge on any atom is 0.417 e. The van der Waals surface area contributed by atoms with Gasteiger partial charge in [0.1, 0.15) is 5.75 Å². The summed E-state index contributed by atoms with van der Waals surface area (Å²) >= 11 is 0. The van der Waals surface area contributed by atoms with E-state index in [1.807, 2.05) is 42.2 Å². The number of halogens is 3. The van der Waals surface area contributed by atoms with Crippen LogP contribution in [0.4, 0.5) is 19.0 Å². The van der Waals surface area contributed by atoms with Gasteiger partial charge >= 0.3 is 6.18 Å². The second-order valence-corrected chi connectivity index (χ2v) is 9.53. The van der Waals surface area contributed by atoms with Crippen molar-refractivity contribution in [2.24, 2.45) is 0 Å². The first-order valence-corrected chi connectivity index (χ1v) is 12.1. The number of rotatable bonds is 6. The van der Waals surface area contributed by atoms with E-state index < -0.39 is 26.7 Å². The molecule has 4 rings (SSSR count). The Kier molecular flexibility index (Phi) is 6.76. The van der Waals surface area contributed by atoms with Crippen molar-refractivity contribution in [1.29, 1.82) is 0 Å². The molecule has 1 aromatic heterocycles. The highest BCUT2D eigenvalue weighted by molar-refractivity contribution is 7.89. The van der Waals surface area contributed by atoms with Gasteiger partial charge in [-0.05, 0) is 55.5 Å². The van der Waals surface area contributed by atoms with E-state index in [9.17, 15) is 21.6 Å². The first kappa shape index (κ1) is 24.0. The molecule has 0 unspecified atom stereocenters. The number of hydrogen-bond acceptors (Lipinski definition) is 6. The molecular formula is C23H23F3N4O3S. The summed E-state index contributed by atoms with van der Waals surface area (Å²) in [7, 11) is -4.29. The lowest BCUT2D eigenvalue weighted by Crippen LogP contribution is -2.49. The Labute approximate surface area is 195 Å². The number of nitrogens with zero attached hydrogens (tertiary/aromatic N) is 4. The minimum absolute atomic E-state index is 0.0385. The molecule has 0 bridgehead atoms. The van der Waals surface area contributed by atoms with Crippen LogP contribution in [0.5, 0.6) is 5.75 Å². The van der Waals surface area contributed by atoms with Crippen molar-refractivity contribution in [3.05, 3.63) is 66.2 Å². The molecule has 3 aromatic rings. The second kappa shape index (κ2) is 9.59. The topological polar surface area (TPSA) is 75.6 Å². The zero-order valence-electron chi connectivity index (χ0n) is 18.4. The van der Waals surface area contributed by atoms with Crippen LogP contribution in [-0.2, 0) is 16.2 Å². The highest BCUT2D eigenvalue weighted by Crippen LogP contribution is 2.35. The lowest BCUT2D eigenvalue weighted by atomic mass is 10.1. The summed E-state index contributed by atoms with van der Waals surface area (Å²) in [5.74, 6) is 1.34. The molecule has 2 heterocycles. The van der Waals surface area contributed by atoms with Crippen LogP contribution in [0.2, 0.25) is 0 Å². The standard InChI is InChI=1S/C23H23F3N4O3S/c1-2-33-18-9-7-17(8-10-18)20-11-12-22(28-27-20)29-13-15-30(16-14-29)34(31,32)21-6-4-3-5-19(21)23(24,25)26/h3-12H,2,13-16H2,1H3. The number of aromatic nitrogens is 2. The number of alkyl halides is 3. The van der Waals surface area contributed by atoms with E-state index in [-0.39, 0.29) is 26.2 Å². The first-order chi connectivity index (χ1) is 16.2. The SMILES string of the molecule is CCOc1ccc(-c2ccc(N3CCN(S(=O)(=O)c4ccccc4C(F)(F)F)CC3)nn2)cc1. The number of piperazine rings is 1. The molecule has 0 spiro atoms. The van der Waals surface area contributed by atoms with Crippen molar-refractivity contribution in [2.45, 2.75) is 18.0 Å². The van der Waals surface area contributed by atoms with E-state index in [0.717, 1.165) is 27.8 Å². The van der Waals surface area contributed by atoms with Crippen LogP contribution in [0.1, 0.15) is 12.5 Å². The average molecular weight is 493 g/mol. The van der Waals surface area contributed by atoms with E-state index in [1.165, 1.54) is 12.1 Å². The van der Waals surface area contributed by atoms with Crippen molar-refractivity contribution >= 4 is 15.8 Å². The Morgan fingerprint density at radius 1 is 0.912 bits per heavy atom. The molecule has 0 radical (unpaired) electrons. The summed E-state index contributed by atoms with van der Waals surface area (Å²) in [6.45, 7) is 3.13. The van der Waals surface area contributed by atoms with Gasteiger partial charge < -0.3 is 9.64 Å². The number of benzene rings is 2. The van der Waals surface area contributed by atoms with Crippen molar-refractivity contribution in [1.82, 2.24) is 14.5 Å². The Hall–Kier alpha value is -3.18. The summed E-state index contributed by atoms with van der Waals surface area (Å²) in [6.07, 6.45) is -4.76. The molecule has 7 nitrogen and oxygen atoms in total. The molecule has 0 amide bonds. The van der Waals surface area contributed by atoms with Gasteiger partial charge in [0.25, 0.3) is 0 Å². The third-order valence-electron chi connectivity index (χ3n) is 5.48. The Morgan fingerprint density at radius 2 is 1.59 bits per heavy atom. The zero-order valence-corrected chi connectivity index (χ0v) is 19.2. The molecule has 1 aliphatic heterocycles. The number of sulfonamides is 1. The minimum Gasteiger partial charge on any atom is -0.494 e. The maximum atomic E-state index is 13.3. The fourth-order valence-corrected chi connectivity index (χ4v) is 5.39. The predicted octanol–water partition coefficient (Wildman–Crippen LogP) is 4.07. The largest absolute Gasteiger partial charge is 0.494 e. The molecular weight excluding hydrogens is 469 g/mol. The summed E-state index contributed by atoms with van der Waals surface area (Å²) in [4.78, 5) is 1.13. The lowest BCUT2D eigenvalue weighted by Gasteiger charge is -2.34. The maximum absolute atomic E-state index is 13.3. The highest BCUT2D eigenvalue weighted by Gasteiger charge is 2.39. The Bertz CT molecular complexity index is 1230. The van der Waals surface area contributed by atoms with Crippen LogP contribution in [0.15, 0.2) is 65.6 Å². The molecule has 11 heteroatoms. The molecule has 0 atom stereocenters. The van der Waals surface area contributed by atoms with Gasteiger partial charge in [-0.1, -0.05) is 12.1 Å². The molecule has 0 N–H and O–H groups in total. The summed E-state index contributed by atoms with van der Waals surface area (Å²) in [5.41, 5.74) is 0.395. The Morgan fingerprint density at radius 3 is 2.18 bits per heavy atom. The van der Waals surface area contributed by atoms with Crippen LogP contribution in [0.3, 0.4) is 0 Å². The third kappa shape index (κ3) is 5.00. The molecule has 2 aromatic carbocycles. The van der Waals surface area contributed by atoms with Gasteiger partial charge in [0.15, 0.2) is 5.82 Å². The molecule has 1 fully saturated rings. The Balaban J connectivity index is 1.44. The number of anilines is 1. The quantitative estimate of drug-likeness (QED) is 0.517. The average Bonchev–Trinajstić information content (AvgIpc) is 2.84. The summed E-state index contributed by atoms with van der Waals surface area (Å²) in [5, 5.41) is 8.52. The number of ether oxygens (including phenoxy) is 1. The van der Waals surface area contributed by atoms with E-state index in [1.54, 1.807) is 6.07 Å². The second-order valence-electron chi connectivity index (χ2n) is 7.62. The van der Waals surface area contributed by atoms with Crippen LogP contribution >= 0.6 is 0 Å². The van der Waals surface area contributed by atoms with Gasteiger partial charge in [0.2, 0.25) is 10.0 Å². The van der Waals surface area contributed by atoms with Crippen LogP contribution in [-0.4, -0.2) is 55.7 Å². The summed E-state index contributed by atoms with van der Waals surface area (Å²) < 4.78 is 72.4. The van der Waals surface area contributed by atoms with Crippen LogP contribution in [0, 0.1) is 0 Å². The lowest BCUT2D eigenvalue weighted by molar-refractivity contribution is -0.139. The minimum atomic E-state index is -4.76. The molecule has 0 saturated carbocycles. The highest BCUT2D eigenvalue weighted by atomic mass is 32.2. The summed E-state index contributed by atoms with van der Waals surface area (Å²) in [6, 6.07) is 15.3. The molecule has 1 aliphatic rings. The molecule has 1 saturated heterocycles. The van der Waals surface area contributed by atoms with Gasteiger partial charge in [0.05, 0.1) is 22.8 Å². The van der Waals surface area contributed by atoms with Crippen LogP contribution < -0.4 is 9.64 Å². The van der Waals surface area contributed by atoms with E-state index in [0.29, 0.717) is 18.1 Å². The molecule has 180 valence electrons. The molecule has 34 heavy (non-hydrogen) atoms. The monoisotopic (exact) mass is 492 g/mol. The fourth-order valence-electron chi connectivity index (χ4n) is 3.76. The molecule has 0 aliphatic carbocycles. The van der Waals surface area contributed by atoms with Crippen molar-refractivity contribution < 1.29 is 26.3 Å². The van der Waals surface area contributed by atoms with Gasteiger partial charge in [-0.15, -0.1) is 10.2 Å². The van der Waals surface area contributed by atoms with Gasteiger partial charge in [-0.25, -0.2) is 8.42 Å². The first-order valence-electron chi connectivity index (χ1n) is 10.7. The van der Waals surface area contributed by atoms with Crippen molar-refractivity contribution in [3.63, 3.8) is 0 Å². The zero-order chi connectivity index (χ0) is 24.3. The van der Waals surface area contributed by atoms with Crippen molar-refractivity contribution in [3.8, 4) is 17.0 Å². The van der Waals surface area contributed by atoms with E-state index in [4.69, 9.17) is 4.74 Å². The van der Waals surface area contributed by atoms with E-state index >= 15 is 0 Å². The van der Waals surface area contributed by atoms with Crippen LogP contribution in [0.25, 0.3) is 11.3 Å². The van der Waals surface area contributed by atoms with Gasteiger partial charge in [0, 0.05) is 31.7 Å². The third-order valence-corrected chi connectivity index (χ3v) is 7.44. The van der Waals surface area contributed by atoms with Gasteiger partial charge in [-0.3, -0.25) is 0 Å². The predicted molar refractivity (Wildman–Crippen MR) is 121 cm³/mol. The smallest absolute Gasteiger partial charge is 0.417 e. The number of hydrogen-bond donors (Lipinski definition) is 0. The van der Waals surface area contributed by atoms with Crippen molar-refractivity contribution in [2.75, 3.05) is 37.7 Å². The fraction of sp³-hybridized carbons (Fsp3) is 0.304. The van der Waals surface area contributed by atoms with Gasteiger partial charge in [-0.2, -0.15) is 17.5 Å². The van der Waals surface area contributed by atoms with E-state index in [2.05, 4.69) is 10.2 Å².